The SMILES string of the molecule is COc1ccc(N)c(C(=O)c2cccc(Br)c2F)c1. The van der Waals surface area contributed by atoms with Gasteiger partial charge in [-0.2, -0.15) is 0 Å². The van der Waals surface area contributed by atoms with Crippen molar-refractivity contribution in [3.05, 3.63) is 57.8 Å². The smallest absolute Gasteiger partial charge is 0.198 e. The van der Waals surface area contributed by atoms with Gasteiger partial charge in [0, 0.05) is 11.3 Å². The van der Waals surface area contributed by atoms with Crippen LogP contribution in [0.2, 0.25) is 0 Å². The quantitative estimate of drug-likeness (QED) is 0.695. The summed E-state index contributed by atoms with van der Waals surface area (Å²) in [5.41, 5.74) is 6.23. The summed E-state index contributed by atoms with van der Waals surface area (Å²) >= 11 is 3.05. The van der Waals surface area contributed by atoms with E-state index in [1.165, 1.54) is 25.3 Å². The van der Waals surface area contributed by atoms with Gasteiger partial charge in [0.05, 0.1) is 17.1 Å². The highest BCUT2D eigenvalue weighted by Crippen LogP contribution is 2.25. The second-order valence-electron chi connectivity index (χ2n) is 3.88. The lowest BCUT2D eigenvalue weighted by atomic mass is 10.0. The van der Waals surface area contributed by atoms with Crippen LogP contribution in [0.3, 0.4) is 0 Å². The van der Waals surface area contributed by atoms with Gasteiger partial charge in [0.25, 0.3) is 0 Å². The van der Waals surface area contributed by atoms with Crippen molar-refractivity contribution in [2.24, 2.45) is 0 Å². The second kappa shape index (κ2) is 5.40. The second-order valence-corrected chi connectivity index (χ2v) is 4.74. The number of halogens is 2. The van der Waals surface area contributed by atoms with Gasteiger partial charge in [-0.05, 0) is 46.3 Å². The van der Waals surface area contributed by atoms with Gasteiger partial charge in [0.15, 0.2) is 5.78 Å². The summed E-state index contributed by atoms with van der Waals surface area (Å²) in [5, 5.41) is 0. The molecule has 3 nitrogen and oxygen atoms in total. The molecule has 0 spiro atoms. The van der Waals surface area contributed by atoms with E-state index in [0.717, 1.165) is 0 Å². The molecule has 0 saturated carbocycles. The number of carbonyl (C=O) groups is 1. The van der Waals surface area contributed by atoms with E-state index in [1.54, 1.807) is 18.2 Å². The first-order valence-corrected chi connectivity index (χ1v) is 6.26. The number of hydrogen-bond acceptors (Lipinski definition) is 3. The minimum atomic E-state index is -0.602. The van der Waals surface area contributed by atoms with Gasteiger partial charge in [0.1, 0.15) is 11.6 Å². The lowest BCUT2D eigenvalue weighted by molar-refractivity contribution is 0.103. The lowest BCUT2D eigenvalue weighted by Crippen LogP contribution is -2.08. The van der Waals surface area contributed by atoms with Crippen molar-refractivity contribution in [3.63, 3.8) is 0 Å². The number of ketones is 1. The van der Waals surface area contributed by atoms with Crippen LogP contribution in [0.5, 0.6) is 5.75 Å². The van der Waals surface area contributed by atoms with E-state index < -0.39 is 11.6 Å². The summed E-state index contributed by atoms with van der Waals surface area (Å²) in [6, 6.07) is 9.24. The molecule has 0 bridgehead atoms. The Labute approximate surface area is 118 Å². The van der Waals surface area contributed by atoms with Crippen LogP contribution in [0.1, 0.15) is 15.9 Å². The highest BCUT2D eigenvalue weighted by Gasteiger charge is 2.18. The Morgan fingerprint density at radius 1 is 1.26 bits per heavy atom. The van der Waals surface area contributed by atoms with Gasteiger partial charge in [-0.3, -0.25) is 4.79 Å². The van der Waals surface area contributed by atoms with Crippen LogP contribution in [0.4, 0.5) is 10.1 Å². The van der Waals surface area contributed by atoms with E-state index in [9.17, 15) is 9.18 Å². The molecular formula is C14H11BrFNO2. The van der Waals surface area contributed by atoms with E-state index in [4.69, 9.17) is 10.5 Å². The van der Waals surface area contributed by atoms with Crippen LogP contribution in [-0.2, 0) is 0 Å². The van der Waals surface area contributed by atoms with Crippen molar-refractivity contribution >= 4 is 27.4 Å². The zero-order valence-electron chi connectivity index (χ0n) is 10.1. The number of ether oxygens (including phenoxy) is 1. The summed E-state index contributed by atoms with van der Waals surface area (Å²) < 4.78 is 19.2. The topological polar surface area (TPSA) is 52.3 Å². The molecule has 0 unspecified atom stereocenters. The molecule has 0 fully saturated rings. The third-order valence-corrected chi connectivity index (χ3v) is 3.31. The summed E-state index contributed by atoms with van der Waals surface area (Å²) in [7, 11) is 1.49. The predicted octanol–water partition coefficient (Wildman–Crippen LogP) is 3.41. The molecular weight excluding hydrogens is 313 g/mol. The zero-order valence-corrected chi connectivity index (χ0v) is 11.7. The van der Waals surface area contributed by atoms with Crippen molar-refractivity contribution in [1.82, 2.24) is 0 Å². The first-order chi connectivity index (χ1) is 9.04. The van der Waals surface area contributed by atoms with Crippen LogP contribution in [0.15, 0.2) is 40.9 Å². The zero-order chi connectivity index (χ0) is 14.0. The number of methoxy groups -OCH3 is 1. The maximum absolute atomic E-state index is 13.9. The molecule has 19 heavy (non-hydrogen) atoms. The molecule has 2 aromatic carbocycles. The van der Waals surface area contributed by atoms with Gasteiger partial charge in [0.2, 0.25) is 0 Å². The van der Waals surface area contributed by atoms with Crippen molar-refractivity contribution < 1.29 is 13.9 Å². The van der Waals surface area contributed by atoms with Gasteiger partial charge in [-0.1, -0.05) is 6.07 Å². The molecule has 0 amide bonds. The molecule has 98 valence electrons. The average molecular weight is 324 g/mol. The minimum absolute atomic E-state index is 0.0330. The molecule has 2 rings (SSSR count). The highest BCUT2D eigenvalue weighted by atomic mass is 79.9. The highest BCUT2D eigenvalue weighted by molar-refractivity contribution is 9.10. The largest absolute Gasteiger partial charge is 0.497 e. The average Bonchev–Trinajstić information content (AvgIpc) is 2.42. The molecule has 0 radical (unpaired) electrons. The Kier molecular flexibility index (Phi) is 3.85. The number of carbonyl (C=O) groups excluding carboxylic acids is 1. The summed E-state index contributed by atoms with van der Waals surface area (Å²) in [5.74, 6) is -0.585. The maximum atomic E-state index is 13.9. The van der Waals surface area contributed by atoms with Crippen molar-refractivity contribution in [2.75, 3.05) is 12.8 Å². The van der Waals surface area contributed by atoms with Crippen molar-refractivity contribution in [2.45, 2.75) is 0 Å². The van der Waals surface area contributed by atoms with E-state index in [-0.39, 0.29) is 21.3 Å². The van der Waals surface area contributed by atoms with Gasteiger partial charge in [-0.25, -0.2) is 4.39 Å². The number of anilines is 1. The molecule has 0 aliphatic rings. The van der Waals surface area contributed by atoms with Crippen LogP contribution in [0.25, 0.3) is 0 Å². The number of nitrogen functional groups attached to an aromatic ring is 1. The molecule has 5 heteroatoms. The van der Waals surface area contributed by atoms with E-state index in [0.29, 0.717) is 5.75 Å². The summed E-state index contributed by atoms with van der Waals surface area (Å²) in [4.78, 5) is 12.3. The number of hydrogen-bond donors (Lipinski definition) is 1. The molecule has 0 heterocycles. The van der Waals surface area contributed by atoms with Crippen molar-refractivity contribution in [1.29, 1.82) is 0 Å². The van der Waals surface area contributed by atoms with E-state index in [2.05, 4.69) is 15.9 Å². The fraction of sp³-hybridized carbons (Fsp3) is 0.0714. The first kappa shape index (κ1) is 13.5. The van der Waals surface area contributed by atoms with Crippen LogP contribution in [-0.4, -0.2) is 12.9 Å². The Morgan fingerprint density at radius 2 is 2.00 bits per heavy atom. The molecule has 2 N–H and O–H groups in total. The summed E-state index contributed by atoms with van der Waals surface area (Å²) in [6.45, 7) is 0. The molecule has 0 aliphatic heterocycles. The maximum Gasteiger partial charge on any atom is 0.198 e. The number of benzene rings is 2. The fourth-order valence-corrected chi connectivity index (χ4v) is 2.05. The lowest BCUT2D eigenvalue weighted by Gasteiger charge is -2.08. The van der Waals surface area contributed by atoms with Gasteiger partial charge >= 0.3 is 0 Å². The first-order valence-electron chi connectivity index (χ1n) is 5.47. The van der Waals surface area contributed by atoms with Crippen molar-refractivity contribution in [3.8, 4) is 5.75 Å². The Balaban J connectivity index is 2.53. The minimum Gasteiger partial charge on any atom is -0.497 e. The van der Waals surface area contributed by atoms with Crippen LogP contribution >= 0.6 is 15.9 Å². The van der Waals surface area contributed by atoms with Gasteiger partial charge in [-0.15, -0.1) is 0 Å². The summed E-state index contributed by atoms with van der Waals surface area (Å²) in [6.07, 6.45) is 0. The third kappa shape index (κ3) is 2.61. The Hall–Kier alpha value is -1.88. The predicted molar refractivity (Wildman–Crippen MR) is 74.9 cm³/mol. The normalized spacial score (nSPS) is 10.3. The van der Waals surface area contributed by atoms with Crippen LogP contribution < -0.4 is 10.5 Å². The monoisotopic (exact) mass is 323 g/mol. The molecule has 0 aromatic heterocycles. The standard InChI is InChI=1S/C14H11BrFNO2/c1-19-8-5-6-12(17)10(7-8)14(18)9-3-2-4-11(15)13(9)16/h2-7H,17H2,1H3. The molecule has 0 saturated heterocycles. The fourth-order valence-electron chi connectivity index (χ4n) is 1.68. The Morgan fingerprint density at radius 3 is 2.68 bits per heavy atom. The van der Waals surface area contributed by atoms with Gasteiger partial charge < -0.3 is 10.5 Å². The number of nitrogens with two attached hydrogens (primary N) is 1. The third-order valence-electron chi connectivity index (χ3n) is 2.70. The Bertz CT molecular complexity index is 643. The van der Waals surface area contributed by atoms with E-state index in [1.807, 2.05) is 0 Å². The number of rotatable bonds is 3. The molecule has 2 aromatic rings. The molecule has 0 atom stereocenters. The van der Waals surface area contributed by atoms with Crippen LogP contribution in [0, 0.1) is 5.82 Å². The van der Waals surface area contributed by atoms with E-state index >= 15 is 0 Å². The molecule has 0 aliphatic carbocycles.